The smallest absolute Gasteiger partial charge is 0.491 e. The molecule has 0 bridgehead atoms. The summed E-state index contributed by atoms with van der Waals surface area (Å²) in [5, 5.41) is 10.4. The van der Waals surface area contributed by atoms with Crippen LogP contribution in [0.3, 0.4) is 0 Å². The predicted molar refractivity (Wildman–Crippen MR) is 103 cm³/mol. The van der Waals surface area contributed by atoms with E-state index in [2.05, 4.69) is 12.6 Å². The second-order valence-electron chi connectivity index (χ2n) is 6.97. The molecule has 0 spiro atoms. The summed E-state index contributed by atoms with van der Waals surface area (Å²) in [7, 11) is -0.572. The van der Waals surface area contributed by atoms with Crippen LogP contribution >= 0.6 is 12.6 Å². The Morgan fingerprint density at radius 2 is 1.88 bits per heavy atom. The Hall–Kier alpha value is -1.44. The molecule has 1 aliphatic rings. The lowest BCUT2D eigenvalue weighted by Crippen LogP contribution is -2.41. The number of benzene rings is 1. The van der Waals surface area contributed by atoms with Gasteiger partial charge in [-0.15, -0.1) is 0 Å². The van der Waals surface area contributed by atoms with Crippen molar-refractivity contribution in [1.29, 1.82) is 0 Å². The van der Waals surface area contributed by atoms with Gasteiger partial charge >= 0.3 is 7.12 Å². The zero-order valence-corrected chi connectivity index (χ0v) is 16.2. The minimum Gasteiger partial charge on any atom is -0.504 e. The highest BCUT2D eigenvalue weighted by atomic mass is 32.1. The SMILES string of the molecule is CCOc1cc(C=O)cc(C=C(CS)B2OC(C)(C)C(C)(C)O2)c1O. The second kappa shape index (κ2) is 7.44. The van der Waals surface area contributed by atoms with E-state index in [9.17, 15) is 9.90 Å². The van der Waals surface area contributed by atoms with Crippen molar-refractivity contribution in [2.45, 2.75) is 45.8 Å². The zero-order valence-electron chi connectivity index (χ0n) is 15.3. The van der Waals surface area contributed by atoms with Crippen LogP contribution < -0.4 is 4.74 Å². The molecule has 5 nitrogen and oxygen atoms in total. The highest BCUT2D eigenvalue weighted by molar-refractivity contribution is 7.80. The number of thiol groups is 1. The van der Waals surface area contributed by atoms with Crippen LogP contribution in [0.4, 0.5) is 0 Å². The second-order valence-corrected chi connectivity index (χ2v) is 7.29. The molecule has 1 N–H and O–H groups in total. The van der Waals surface area contributed by atoms with Gasteiger partial charge in [0.15, 0.2) is 11.5 Å². The number of aromatic hydroxyl groups is 1. The van der Waals surface area contributed by atoms with Crippen molar-refractivity contribution < 1.29 is 23.9 Å². The Labute approximate surface area is 154 Å². The molecule has 1 fully saturated rings. The van der Waals surface area contributed by atoms with E-state index in [1.165, 1.54) is 6.07 Å². The molecular formula is C18H25BO5S. The first kappa shape index (κ1) is 19.9. The molecule has 0 saturated carbocycles. The first-order chi connectivity index (χ1) is 11.6. The number of phenolic OH excluding ortho intramolecular Hbond substituents is 1. The Kier molecular flexibility index (Phi) is 5.91. The summed E-state index contributed by atoms with van der Waals surface area (Å²) in [4.78, 5) is 11.2. The Morgan fingerprint density at radius 3 is 2.36 bits per heavy atom. The summed E-state index contributed by atoms with van der Waals surface area (Å²) in [6.07, 6.45) is 2.45. The lowest BCUT2D eigenvalue weighted by Gasteiger charge is -2.32. The highest BCUT2D eigenvalue weighted by Gasteiger charge is 2.52. The molecule has 25 heavy (non-hydrogen) atoms. The van der Waals surface area contributed by atoms with E-state index < -0.39 is 18.3 Å². The summed E-state index contributed by atoms with van der Waals surface area (Å²) in [5.41, 5.74) is 0.695. The van der Waals surface area contributed by atoms with E-state index in [4.69, 9.17) is 14.0 Å². The average Bonchev–Trinajstić information content (AvgIpc) is 2.76. The summed E-state index contributed by atoms with van der Waals surface area (Å²) in [6, 6.07) is 3.11. The zero-order chi connectivity index (χ0) is 18.8. The van der Waals surface area contributed by atoms with Crippen molar-refractivity contribution >= 4 is 32.1 Å². The first-order valence-corrected chi connectivity index (χ1v) is 8.90. The summed E-state index contributed by atoms with van der Waals surface area (Å²) in [5.74, 6) is 0.625. The van der Waals surface area contributed by atoms with Crippen molar-refractivity contribution in [3.05, 3.63) is 28.7 Å². The Morgan fingerprint density at radius 1 is 1.28 bits per heavy atom. The Bertz CT molecular complexity index is 668. The van der Waals surface area contributed by atoms with Gasteiger partial charge in [0.25, 0.3) is 0 Å². The van der Waals surface area contributed by atoms with E-state index in [0.29, 0.717) is 29.8 Å². The van der Waals surface area contributed by atoms with Gasteiger partial charge in [-0.1, -0.05) is 6.08 Å². The van der Waals surface area contributed by atoms with Crippen molar-refractivity contribution in [2.24, 2.45) is 0 Å². The molecule has 2 rings (SSSR count). The molecule has 0 atom stereocenters. The number of hydrogen-bond donors (Lipinski definition) is 2. The molecule has 1 heterocycles. The first-order valence-electron chi connectivity index (χ1n) is 8.27. The van der Waals surface area contributed by atoms with E-state index in [0.717, 1.165) is 5.47 Å². The fourth-order valence-corrected chi connectivity index (χ4v) is 2.72. The predicted octanol–water partition coefficient (Wildman–Crippen LogP) is 3.55. The number of aldehydes is 1. The fourth-order valence-electron chi connectivity index (χ4n) is 2.48. The van der Waals surface area contributed by atoms with Gasteiger partial charge in [0, 0.05) is 16.9 Å². The van der Waals surface area contributed by atoms with Crippen molar-refractivity contribution in [2.75, 3.05) is 12.4 Å². The van der Waals surface area contributed by atoms with Crippen molar-refractivity contribution in [1.82, 2.24) is 0 Å². The summed E-state index contributed by atoms with van der Waals surface area (Å²) < 4.78 is 17.5. The van der Waals surface area contributed by atoms with Gasteiger partial charge in [-0.25, -0.2) is 0 Å². The number of phenols is 1. The minimum absolute atomic E-state index is 0.0248. The molecule has 0 amide bonds. The maximum Gasteiger partial charge on any atom is 0.491 e. The van der Waals surface area contributed by atoms with Gasteiger partial charge < -0.3 is 19.2 Å². The van der Waals surface area contributed by atoms with Gasteiger partial charge in [0.2, 0.25) is 0 Å². The molecule has 1 aliphatic heterocycles. The van der Waals surface area contributed by atoms with Gasteiger partial charge in [-0.2, -0.15) is 12.6 Å². The monoisotopic (exact) mass is 364 g/mol. The maximum atomic E-state index is 11.2. The van der Waals surface area contributed by atoms with E-state index in [1.807, 2.05) is 34.6 Å². The molecule has 0 aliphatic carbocycles. The third kappa shape index (κ3) is 4.05. The van der Waals surface area contributed by atoms with Crippen LogP contribution in [0.15, 0.2) is 17.6 Å². The average molecular weight is 364 g/mol. The largest absolute Gasteiger partial charge is 0.504 e. The standard InChI is InChI=1S/C18H25BO5S/c1-6-22-15-8-12(10-20)7-13(16(15)21)9-14(11-25)19-23-17(2,3)18(4,5)24-19/h7-10,21,25H,6,11H2,1-5H3. The van der Waals surface area contributed by atoms with Crippen LogP contribution in [0.1, 0.15) is 50.5 Å². The molecule has 1 aromatic rings. The van der Waals surface area contributed by atoms with Crippen molar-refractivity contribution in [3.63, 3.8) is 0 Å². The van der Waals surface area contributed by atoms with Crippen molar-refractivity contribution in [3.8, 4) is 11.5 Å². The normalized spacial score (nSPS) is 19.1. The van der Waals surface area contributed by atoms with Crippen LogP contribution in [0.2, 0.25) is 0 Å². The van der Waals surface area contributed by atoms with E-state index >= 15 is 0 Å². The molecule has 7 heteroatoms. The van der Waals surface area contributed by atoms with Crippen LogP contribution in [-0.2, 0) is 9.31 Å². The van der Waals surface area contributed by atoms with Gasteiger partial charge in [-0.3, -0.25) is 4.79 Å². The summed E-state index contributed by atoms with van der Waals surface area (Å²) >= 11 is 4.37. The van der Waals surface area contributed by atoms with Crippen LogP contribution in [0, 0.1) is 0 Å². The number of rotatable bonds is 6. The number of carbonyl (C=O) groups excluding carboxylic acids is 1. The van der Waals surface area contributed by atoms with Crippen LogP contribution in [-0.4, -0.2) is 42.1 Å². The molecule has 1 saturated heterocycles. The minimum atomic E-state index is -0.572. The molecule has 136 valence electrons. The van der Waals surface area contributed by atoms with Crippen LogP contribution in [0.5, 0.6) is 11.5 Å². The van der Waals surface area contributed by atoms with Crippen LogP contribution in [0.25, 0.3) is 6.08 Å². The van der Waals surface area contributed by atoms with E-state index in [1.54, 1.807) is 12.1 Å². The summed E-state index contributed by atoms with van der Waals surface area (Å²) in [6.45, 7) is 10.1. The topological polar surface area (TPSA) is 65.0 Å². The number of hydrogen-bond acceptors (Lipinski definition) is 6. The van der Waals surface area contributed by atoms with E-state index in [-0.39, 0.29) is 11.5 Å². The fraction of sp³-hybridized carbons (Fsp3) is 0.500. The Balaban J connectivity index is 2.43. The lowest BCUT2D eigenvalue weighted by atomic mass is 9.78. The molecular weight excluding hydrogens is 339 g/mol. The third-order valence-corrected chi connectivity index (χ3v) is 5.01. The highest BCUT2D eigenvalue weighted by Crippen LogP contribution is 2.40. The maximum absolute atomic E-state index is 11.2. The van der Waals surface area contributed by atoms with Gasteiger partial charge in [0.05, 0.1) is 17.8 Å². The molecule has 0 aromatic heterocycles. The number of carbonyl (C=O) groups is 1. The quantitative estimate of drug-likeness (QED) is 0.459. The lowest BCUT2D eigenvalue weighted by molar-refractivity contribution is 0.00578. The number of ether oxygens (including phenoxy) is 1. The van der Waals surface area contributed by atoms with Gasteiger partial charge in [0.1, 0.15) is 6.29 Å². The molecule has 1 aromatic carbocycles. The third-order valence-electron chi connectivity index (χ3n) is 4.64. The molecule has 0 radical (unpaired) electrons. The molecule has 0 unspecified atom stereocenters. The van der Waals surface area contributed by atoms with Gasteiger partial charge in [-0.05, 0) is 52.2 Å².